The van der Waals surface area contributed by atoms with Crippen molar-refractivity contribution >= 4 is 11.6 Å². The van der Waals surface area contributed by atoms with Gasteiger partial charge in [0.15, 0.2) is 0 Å². The van der Waals surface area contributed by atoms with E-state index in [4.69, 9.17) is 16.3 Å². The van der Waals surface area contributed by atoms with E-state index in [2.05, 4.69) is 10.6 Å². The summed E-state index contributed by atoms with van der Waals surface area (Å²) < 4.78 is 5.32. The molecule has 1 aliphatic rings. The Hall–Kier alpha value is -0.770. The first-order valence-corrected chi connectivity index (χ1v) is 6.91. The van der Waals surface area contributed by atoms with E-state index in [1.165, 1.54) is 25.9 Å². The van der Waals surface area contributed by atoms with E-state index in [0.717, 1.165) is 35.3 Å². The van der Waals surface area contributed by atoms with Crippen molar-refractivity contribution in [1.82, 2.24) is 10.6 Å². The second-order valence-corrected chi connectivity index (χ2v) is 5.22. The quantitative estimate of drug-likeness (QED) is 0.778. The number of nitrogens with one attached hydrogen (secondary N) is 2. The Morgan fingerprint density at radius 1 is 1.50 bits per heavy atom. The minimum Gasteiger partial charge on any atom is -0.496 e. The van der Waals surface area contributed by atoms with Gasteiger partial charge in [-0.15, -0.1) is 0 Å². The molecule has 2 N–H and O–H groups in total. The topological polar surface area (TPSA) is 33.3 Å². The van der Waals surface area contributed by atoms with E-state index >= 15 is 0 Å². The van der Waals surface area contributed by atoms with Crippen LogP contribution in [0.25, 0.3) is 0 Å². The molecule has 18 heavy (non-hydrogen) atoms. The van der Waals surface area contributed by atoms with Crippen LogP contribution in [0, 0.1) is 5.92 Å². The number of hydrogen-bond acceptors (Lipinski definition) is 3. The zero-order valence-corrected chi connectivity index (χ0v) is 11.6. The highest BCUT2D eigenvalue weighted by Crippen LogP contribution is 2.22. The molecule has 0 saturated carbocycles. The third-order valence-electron chi connectivity index (χ3n) is 3.45. The number of ether oxygens (including phenoxy) is 1. The summed E-state index contributed by atoms with van der Waals surface area (Å²) in [6, 6.07) is 5.73. The van der Waals surface area contributed by atoms with Crippen molar-refractivity contribution in [2.75, 3.05) is 26.7 Å². The molecule has 0 spiro atoms. The summed E-state index contributed by atoms with van der Waals surface area (Å²) in [5.74, 6) is 1.73. The minimum atomic E-state index is 0.757. The van der Waals surface area contributed by atoms with Crippen molar-refractivity contribution in [1.29, 1.82) is 0 Å². The molecule has 1 saturated heterocycles. The van der Waals surface area contributed by atoms with Gasteiger partial charge in [0.2, 0.25) is 0 Å². The van der Waals surface area contributed by atoms with Gasteiger partial charge >= 0.3 is 0 Å². The van der Waals surface area contributed by atoms with Crippen molar-refractivity contribution in [3.8, 4) is 5.75 Å². The standard InChI is InChI=1S/C14H21ClN2O/c1-18-14-3-2-13(15)8-12(14)10-17-7-5-11-4-6-16-9-11/h2-3,8,11,16-17H,4-7,9-10H2,1H3. The number of rotatable bonds is 6. The van der Waals surface area contributed by atoms with E-state index in [-0.39, 0.29) is 0 Å². The molecule has 0 aliphatic carbocycles. The van der Waals surface area contributed by atoms with E-state index in [1.54, 1.807) is 7.11 Å². The second-order valence-electron chi connectivity index (χ2n) is 4.78. The zero-order chi connectivity index (χ0) is 12.8. The van der Waals surface area contributed by atoms with Gasteiger partial charge in [-0.3, -0.25) is 0 Å². The van der Waals surface area contributed by atoms with Crippen molar-refractivity contribution < 1.29 is 4.74 Å². The molecule has 1 aromatic carbocycles. The summed E-state index contributed by atoms with van der Waals surface area (Å²) in [6.45, 7) is 4.20. The van der Waals surface area contributed by atoms with Crippen molar-refractivity contribution in [3.05, 3.63) is 28.8 Å². The highest BCUT2D eigenvalue weighted by Gasteiger charge is 2.13. The number of halogens is 1. The van der Waals surface area contributed by atoms with Gasteiger partial charge in [0.1, 0.15) is 5.75 Å². The van der Waals surface area contributed by atoms with Gasteiger partial charge in [-0.2, -0.15) is 0 Å². The lowest BCUT2D eigenvalue weighted by molar-refractivity contribution is 0.406. The number of methoxy groups -OCH3 is 1. The minimum absolute atomic E-state index is 0.757. The Bertz CT molecular complexity index is 378. The van der Waals surface area contributed by atoms with Crippen LogP contribution in [-0.4, -0.2) is 26.7 Å². The Kier molecular flexibility index (Phi) is 5.29. The first-order valence-electron chi connectivity index (χ1n) is 6.53. The SMILES string of the molecule is COc1ccc(Cl)cc1CNCCC1CCNC1. The normalized spacial score (nSPS) is 19.1. The molecule has 1 heterocycles. The highest BCUT2D eigenvalue weighted by atomic mass is 35.5. The Labute approximate surface area is 114 Å². The summed E-state index contributed by atoms with van der Waals surface area (Å²) in [5, 5.41) is 7.61. The van der Waals surface area contributed by atoms with Crippen molar-refractivity contribution in [3.63, 3.8) is 0 Å². The van der Waals surface area contributed by atoms with Crippen LogP contribution in [0.4, 0.5) is 0 Å². The summed E-state index contributed by atoms with van der Waals surface area (Å²) in [7, 11) is 1.69. The summed E-state index contributed by atoms with van der Waals surface area (Å²) in [4.78, 5) is 0. The molecule has 1 atom stereocenters. The molecule has 3 nitrogen and oxygen atoms in total. The van der Waals surface area contributed by atoms with Gasteiger partial charge in [0.25, 0.3) is 0 Å². The van der Waals surface area contributed by atoms with Gasteiger partial charge in [-0.05, 0) is 56.6 Å². The molecule has 0 bridgehead atoms. The highest BCUT2D eigenvalue weighted by molar-refractivity contribution is 6.30. The first-order chi connectivity index (χ1) is 8.79. The molecule has 1 fully saturated rings. The van der Waals surface area contributed by atoms with Crippen LogP contribution in [0.15, 0.2) is 18.2 Å². The molecule has 0 radical (unpaired) electrons. The van der Waals surface area contributed by atoms with Crippen molar-refractivity contribution in [2.24, 2.45) is 5.92 Å². The Balaban J connectivity index is 1.76. The fourth-order valence-corrected chi connectivity index (χ4v) is 2.57. The molecule has 1 unspecified atom stereocenters. The van der Waals surface area contributed by atoms with Crippen molar-refractivity contribution in [2.45, 2.75) is 19.4 Å². The lowest BCUT2D eigenvalue weighted by atomic mass is 10.1. The van der Waals surface area contributed by atoms with E-state index in [9.17, 15) is 0 Å². The fourth-order valence-electron chi connectivity index (χ4n) is 2.38. The second kappa shape index (κ2) is 6.98. The third kappa shape index (κ3) is 3.87. The maximum absolute atomic E-state index is 6.00. The summed E-state index contributed by atoms with van der Waals surface area (Å²) in [5.41, 5.74) is 1.12. The molecule has 4 heteroatoms. The van der Waals surface area contributed by atoms with E-state index in [0.29, 0.717) is 0 Å². The average molecular weight is 269 g/mol. The van der Waals surface area contributed by atoms with Gasteiger partial charge in [-0.1, -0.05) is 11.6 Å². The zero-order valence-electron chi connectivity index (χ0n) is 10.8. The monoisotopic (exact) mass is 268 g/mol. The summed E-state index contributed by atoms with van der Waals surface area (Å²) >= 11 is 6.00. The molecule has 0 aromatic heterocycles. The van der Waals surface area contributed by atoms with Gasteiger partial charge in [-0.25, -0.2) is 0 Å². The fraction of sp³-hybridized carbons (Fsp3) is 0.571. The van der Waals surface area contributed by atoms with E-state index in [1.807, 2.05) is 18.2 Å². The number of hydrogen-bond donors (Lipinski definition) is 2. The smallest absolute Gasteiger partial charge is 0.123 e. The largest absolute Gasteiger partial charge is 0.496 e. The predicted molar refractivity (Wildman–Crippen MR) is 75.3 cm³/mol. The van der Waals surface area contributed by atoms with E-state index < -0.39 is 0 Å². The van der Waals surface area contributed by atoms with Crippen LogP contribution in [-0.2, 0) is 6.54 Å². The number of benzene rings is 1. The lowest BCUT2D eigenvalue weighted by Gasteiger charge is -2.12. The molecular formula is C14H21ClN2O. The van der Waals surface area contributed by atoms with Crippen LogP contribution in [0.5, 0.6) is 5.75 Å². The Morgan fingerprint density at radius 2 is 2.39 bits per heavy atom. The van der Waals surface area contributed by atoms with Crippen LogP contribution < -0.4 is 15.4 Å². The lowest BCUT2D eigenvalue weighted by Crippen LogP contribution is -2.19. The van der Waals surface area contributed by atoms with Crippen LogP contribution in [0.1, 0.15) is 18.4 Å². The first kappa shape index (κ1) is 13.7. The van der Waals surface area contributed by atoms with Crippen LogP contribution in [0.3, 0.4) is 0 Å². The maximum atomic E-state index is 6.00. The molecular weight excluding hydrogens is 248 g/mol. The van der Waals surface area contributed by atoms with Crippen LogP contribution >= 0.6 is 11.6 Å². The average Bonchev–Trinajstić information content (AvgIpc) is 2.88. The summed E-state index contributed by atoms with van der Waals surface area (Å²) in [6.07, 6.45) is 2.54. The predicted octanol–water partition coefficient (Wildman–Crippen LogP) is 2.44. The third-order valence-corrected chi connectivity index (χ3v) is 3.68. The molecule has 0 amide bonds. The molecule has 1 aromatic rings. The molecule has 100 valence electrons. The van der Waals surface area contributed by atoms with Gasteiger partial charge < -0.3 is 15.4 Å². The maximum Gasteiger partial charge on any atom is 0.123 e. The molecule has 1 aliphatic heterocycles. The Morgan fingerprint density at radius 3 is 3.11 bits per heavy atom. The van der Waals surface area contributed by atoms with Gasteiger partial charge in [0, 0.05) is 17.1 Å². The van der Waals surface area contributed by atoms with Gasteiger partial charge in [0.05, 0.1) is 7.11 Å². The molecule has 2 rings (SSSR count). The van der Waals surface area contributed by atoms with Crippen LogP contribution in [0.2, 0.25) is 5.02 Å².